The maximum absolute atomic E-state index is 11.7. The monoisotopic (exact) mass is 316 g/mol. The van der Waals surface area contributed by atoms with E-state index in [0.29, 0.717) is 11.4 Å². The van der Waals surface area contributed by atoms with Gasteiger partial charge in [-0.3, -0.25) is 4.79 Å². The average molecular weight is 316 g/mol. The summed E-state index contributed by atoms with van der Waals surface area (Å²) in [6.07, 6.45) is 3.50. The molecule has 2 aromatic rings. The maximum Gasteiger partial charge on any atom is 0.190 e. The van der Waals surface area contributed by atoms with Gasteiger partial charge in [0, 0.05) is 19.2 Å². The van der Waals surface area contributed by atoms with Crippen LogP contribution in [0.2, 0.25) is 0 Å². The summed E-state index contributed by atoms with van der Waals surface area (Å²) in [5.74, 6) is 0.0459. The van der Waals surface area contributed by atoms with Gasteiger partial charge in [0.25, 0.3) is 0 Å². The van der Waals surface area contributed by atoms with Gasteiger partial charge in [0.1, 0.15) is 0 Å². The molecule has 0 saturated carbocycles. The van der Waals surface area contributed by atoms with Crippen LogP contribution in [0.15, 0.2) is 23.2 Å². The van der Waals surface area contributed by atoms with Crippen LogP contribution in [0.1, 0.15) is 39.8 Å². The highest BCUT2D eigenvalue weighted by Gasteiger charge is 2.14. The molecule has 0 saturated heterocycles. The zero-order chi connectivity index (χ0) is 15.7. The fourth-order valence-corrected chi connectivity index (χ4v) is 4.07. The second-order valence-corrected chi connectivity index (χ2v) is 6.63. The molecule has 0 radical (unpaired) electrons. The van der Waals surface area contributed by atoms with Gasteiger partial charge >= 0.3 is 0 Å². The molecule has 1 aliphatic rings. The van der Waals surface area contributed by atoms with Crippen LogP contribution in [-0.2, 0) is 19.4 Å². The molecule has 0 spiro atoms. The first kappa shape index (κ1) is 15.2. The summed E-state index contributed by atoms with van der Waals surface area (Å²) >= 11 is 1.40. The van der Waals surface area contributed by atoms with Gasteiger partial charge in [0.2, 0.25) is 0 Å². The highest BCUT2D eigenvalue weighted by Crippen LogP contribution is 2.26. The van der Waals surface area contributed by atoms with Crippen molar-refractivity contribution in [2.24, 2.45) is 4.99 Å². The molecule has 1 aromatic heterocycles. The third kappa shape index (κ3) is 2.78. The highest BCUT2D eigenvalue weighted by molar-refractivity contribution is 7.11. The lowest BCUT2D eigenvalue weighted by atomic mass is 10.1. The summed E-state index contributed by atoms with van der Waals surface area (Å²) in [7, 11) is 0. The molecule has 3 rings (SSSR count). The molecule has 0 atom stereocenters. The summed E-state index contributed by atoms with van der Waals surface area (Å²) in [6, 6.07) is 6.34. The van der Waals surface area contributed by atoms with Crippen LogP contribution in [0.5, 0.6) is 0 Å². The molecule has 0 bridgehead atoms. The molecule has 1 aliphatic carbocycles. The van der Waals surface area contributed by atoms with Crippen molar-refractivity contribution in [3.63, 3.8) is 0 Å². The number of fused-ring (bicyclic) bond motifs is 1. The van der Waals surface area contributed by atoms with E-state index in [-0.39, 0.29) is 12.4 Å². The summed E-state index contributed by atoms with van der Waals surface area (Å²) in [4.78, 5) is 17.9. The standard InChI is InChI=1S/C17H20N2O2S/c1-11-16(12(2)21)22-17(19(11)8-9-20)18-15-7-6-13-4-3-5-14(13)10-15/h6-7,10,20H,3-5,8-9H2,1-2H3. The molecule has 5 heteroatoms. The minimum absolute atomic E-state index is 0.0340. The van der Waals surface area contributed by atoms with Gasteiger partial charge in [-0.15, -0.1) is 0 Å². The van der Waals surface area contributed by atoms with E-state index in [4.69, 9.17) is 4.99 Å². The number of carbonyl (C=O) groups excluding carboxylic acids is 1. The minimum atomic E-state index is 0.0340. The van der Waals surface area contributed by atoms with Crippen LogP contribution in [0.4, 0.5) is 5.69 Å². The Morgan fingerprint density at radius 2 is 2.14 bits per heavy atom. The number of thiazole rings is 1. The number of aromatic nitrogens is 1. The van der Waals surface area contributed by atoms with Crippen molar-refractivity contribution in [2.75, 3.05) is 6.61 Å². The molecule has 1 aromatic carbocycles. The van der Waals surface area contributed by atoms with Gasteiger partial charge in [-0.2, -0.15) is 0 Å². The van der Waals surface area contributed by atoms with Crippen molar-refractivity contribution in [3.8, 4) is 0 Å². The zero-order valence-corrected chi connectivity index (χ0v) is 13.7. The van der Waals surface area contributed by atoms with Crippen LogP contribution in [0.25, 0.3) is 0 Å². The third-order valence-corrected chi connectivity index (χ3v) is 5.39. The molecule has 4 nitrogen and oxygen atoms in total. The molecule has 0 amide bonds. The zero-order valence-electron chi connectivity index (χ0n) is 12.9. The Hall–Kier alpha value is -1.72. The Bertz CT molecular complexity index is 786. The van der Waals surface area contributed by atoms with Crippen molar-refractivity contribution < 1.29 is 9.90 Å². The molecule has 1 heterocycles. The van der Waals surface area contributed by atoms with E-state index < -0.39 is 0 Å². The SMILES string of the molecule is CC(=O)c1sc(=Nc2ccc3c(c2)CCC3)n(CCO)c1C. The first-order valence-corrected chi connectivity index (χ1v) is 8.40. The van der Waals surface area contributed by atoms with E-state index >= 15 is 0 Å². The van der Waals surface area contributed by atoms with Crippen LogP contribution >= 0.6 is 11.3 Å². The molecule has 22 heavy (non-hydrogen) atoms. The second-order valence-electron chi connectivity index (χ2n) is 5.65. The normalized spacial score (nSPS) is 14.4. The Kier molecular flexibility index (Phi) is 4.27. The second kappa shape index (κ2) is 6.18. The van der Waals surface area contributed by atoms with E-state index in [1.54, 1.807) is 6.92 Å². The number of nitrogens with zero attached hydrogens (tertiary/aromatic N) is 2. The first-order valence-electron chi connectivity index (χ1n) is 7.58. The Balaban J connectivity index is 2.10. The number of ketones is 1. The Labute approximate surface area is 133 Å². The summed E-state index contributed by atoms with van der Waals surface area (Å²) in [5, 5.41) is 9.27. The lowest BCUT2D eigenvalue weighted by Crippen LogP contribution is -2.18. The highest BCUT2D eigenvalue weighted by atomic mass is 32.1. The van der Waals surface area contributed by atoms with Crippen molar-refractivity contribution in [1.29, 1.82) is 0 Å². The van der Waals surface area contributed by atoms with Crippen molar-refractivity contribution in [3.05, 3.63) is 44.7 Å². The Morgan fingerprint density at radius 1 is 1.36 bits per heavy atom. The quantitative estimate of drug-likeness (QED) is 0.882. The van der Waals surface area contributed by atoms with Crippen molar-refractivity contribution >= 4 is 22.8 Å². The van der Waals surface area contributed by atoms with Gasteiger partial charge in [-0.25, -0.2) is 4.99 Å². The van der Waals surface area contributed by atoms with E-state index in [1.165, 1.54) is 28.9 Å². The van der Waals surface area contributed by atoms with Crippen molar-refractivity contribution in [1.82, 2.24) is 4.57 Å². The number of hydrogen-bond donors (Lipinski definition) is 1. The van der Waals surface area contributed by atoms with Crippen LogP contribution in [-0.4, -0.2) is 22.1 Å². The fraction of sp³-hybridized carbons (Fsp3) is 0.412. The largest absolute Gasteiger partial charge is 0.395 e. The number of carbonyl (C=O) groups is 1. The number of aliphatic hydroxyl groups is 1. The fourth-order valence-electron chi connectivity index (χ4n) is 3.00. The van der Waals surface area contributed by atoms with Gasteiger partial charge in [0.15, 0.2) is 10.6 Å². The van der Waals surface area contributed by atoms with Gasteiger partial charge in [-0.05, 0) is 49.4 Å². The molecule has 1 N–H and O–H groups in total. The summed E-state index contributed by atoms with van der Waals surface area (Å²) < 4.78 is 1.93. The van der Waals surface area contributed by atoms with Crippen LogP contribution in [0.3, 0.4) is 0 Å². The van der Waals surface area contributed by atoms with Crippen molar-refractivity contribution in [2.45, 2.75) is 39.7 Å². The minimum Gasteiger partial charge on any atom is -0.395 e. The van der Waals surface area contributed by atoms with Crippen LogP contribution in [0, 0.1) is 6.92 Å². The first-order chi connectivity index (χ1) is 10.6. The molecule has 0 unspecified atom stereocenters. The molecule has 0 aliphatic heterocycles. The van der Waals surface area contributed by atoms with E-state index in [0.717, 1.165) is 29.0 Å². The predicted octanol–water partition coefficient (Wildman–Crippen LogP) is 2.77. The molecule has 116 valence electrons. The Morgan fingerprint density at radius 3 is 2.86 bits per heavy atom. The molecular formula is C17H20N2O2S. The average Bonchev–Trinajstić information content (AvgIpc) is 3.06. The lowest BCUT2D eigenvalue weighted by Gasteiger charge is -2.04. The number of aryl methyl sites for hydroxylation is 2. The number of benzene rings is 1. The molecular weight excluding hydrogens is 296 g/mol. The summed E-state index contributed by atoms with van der Waals surface area (Å²) in [6.45, 7) is 3.97. The smallest absolute Gasteiger partial charge is 0.190 e. The van der Waals surface area contributed by atoms with E-state index in [9.17, 15) is 9.90 Å². The number of hydrogen-bond acceptors (Lipinski definition) is 4. The van der Waals surface area contributed by atoms with Gasteiger partial charge in [-0.1, -0.05) is 17.4 Å². The van der Waals surface area contributed by atoms with Crippen LogP contribution < -0.4 is 4.80 Å². The maximum atomic E-state index is 11.7. The predicted molar refractivity (Wildman–Crippen MR) is 87.8 cm³/mol. The topological polar surface area (TPSA) is 54.6 Å². The van der Waals surface area contributed by atoms with E-state index in [1.807, 2.05) is 17.6 Å². The van der Waals surface area contributed by atoms with Gasteiger partial charge < -0.3 is 9.67 Å². The summed E-state index contributed by atoms with van der Waals surface area (Å²) in [5.41, 5.74) is 4.61. The third-order valence-electron chi connectivity index (χ3n) is 4.11. The van der Waals surface area contributed by atoms with E-state index in [2.05, 4.69) is 12.1 Å². The number of aliphatic hydroxyl groups excluding tert-OH is 1. The lowest BCUT2D eigenvalue weighted by molar-refractivity contribution is 0.102. The molecule has 0 fully saturated rings. The number of rotatable bonds is 4. The number of Topliss-reactive ketones (excluding diaryl/α,β-unsaturated/α-hetero) is 1. The van der Waals surface area contributed by atoms with Gasteiger partial charge in [0.05, 0.1) is 17.2 Å².